The van der Waals surface area contributed by atoms with Crippen LogP contribution >= 0.6 is 0 Å². The molecule has 1 aromatic carbocycles. The van der Waals surface area contributed by atoms with Crippen molar-refractivity contribution in [1.82, 2.24) is 4.90 Å². The fraction of sp³-hybridized carbons (Fsp3) is 0.529. The predicted octanol–water partition coefficient (Wildman–Crippen LogP) is 2.82. The lowest BCUT2D eigenvalue weighted by Crippen LogP contribution is -2.51. The Balaban J connectivity index is 1.92. The molecular weight excluding hydrogens is 266 g/mol. The largest absolute Gasteiger partial charge is 0.481 e. The topological polar surface area (TPSA) is 57.6 Å². The zero-order chi connectivity index (χ0) is 14.9. The first-order valence-electron chi connectivity index (χ1n) is 7.71. The van der Waals surface area contributed by atoms with Gasteiger partial charge in [-0.05, 0) is 18.4 Å². The number of carboxylic acid groups (broad SMARTS) is 1. The molecule has 4 heteroatoms. The normalized spacial score (nSPS) is 24.5. The number of aliphatic carboxylic acids is 1. The van der Waals surface area contributed by atoms with Gasteiger partial charge in [-0.2, -0.15) is 0 Å². The molecule has 1 saturated heterocycles. The number of hydrogen-bond donors (Lipinski definition) is 1. The molecule has 21 heavy (non-hydrogen) atoms. The van der Waals surface area contributed by atoms with Crippen LogP contribution in [0.15, 0.2) is 30.3 Å². The van der Waals surface area contributed by atoms with Gasteiger partial charge in [-0.15, -0.1) is 0 Å². The van der Waals surface area contributed by atoms with Crippen molar-refractivity contribution in [1.29, 1.82) is 0 Å². The number of carbonyl (C=O) groups is 2. The number of hydrogen-bond acceptors (Lipinski definition) is 2. The summed E-state index contributed by atoms with van der Waals surface area (Å²) in [5.74, 6) is -1.37. The second kappa shape index (κ2) is 5.51. The first-order valence-corrected chi connectivity index (χ1v) is 7.71. The van der Waals surface area contributed by atoms with Crippen LogP contribution in [0.25, 0.3) is 0 Å². The van der Waals surface area contributed by atoms with Crippen LogP contribution in [0.4, 0.5) is 0 Å². The molecule has 1 aliphatic carbocycles. The second-order valence-corrected chi connectivity index (χ2v) is 6.22. The third-order valence-corrected chi connectivity index (χ3v) is 5.07. The molecule has 1 saturated carbocycles. The van der Waals surface area contributed by atoms with Gasteiger partial charge < -0.3 is 10.0 Å². The third kappa shape index (κ3) is 2.43. The van der Waals surface area contributed by atoms with Crippen LogP contribution < -0.4 is 0 Å². The van der Waals surface area contributed by atoms with E-state index in [4.69, 9.17) is 0 Å². The van der Waals surface area contributed by atoms with Gasteiger partial charge in [-0.3, -0.25) is 9.59 Å². The summed E-state index contributed by atoms with van der Waals surface area (Å²) in [5.41, 5.74) is 0.610. The standard InChI is InChI=1S/C17H21NO3/c19-15-11-14(16(20)21)17(9-5-2-6-10-17)18(15)12-13-7-3-1-4-8-13/h1,3-4,7-8,14H,2,5-6,9-12H2,(H,20,21). The lowest BCUT2D eigenvalue weighted by molar-refractivity contribution is -0.146. The van der Waals surface area contributed by atoms with E-state index in [0.29, 0.717) is 6.54 Å². The molecule has 2 aliphatic rings. The number of nitrogens with zero attached hydrogens (tertiary/aromatic N) is 1. The SMILES string of the molecule is O=C(O)C1CC(=O)N(Cc2ccccc2)C12CCCCC2. The lowest BCUT2D eigenvalue weighted by atomic mass is 9.73. The van der Waals surface area contributed by atoms with E-state index < -0.39 is 17.4 Å². The minimum Gasteiger partial charge on any atom is -0.481 e. The molecule has 4 nitrogen and oxygen atoms in total. The van der Waals surface area contributed by atoms with Crippen LogP contribution in [0, 0.1) is 5.92 Å². The summed E-state index contributed by atoms with van der Waals surface area (Å²) in [7, 11) is 0. The van der Waals surface area contributed by atoms with Crippen molar-refractivity contribution in [2.24, 2.45) is 5.92 Å². The van der Waals surface area contributed by atoms with E-state index in [2.05, 4.69) is 0 Å². The Kier molecular flexibility index (Phi) is 3.70. The Morgan fingerprint density at radius 3 is 2.48 bits per heavy atom. The van der Waals surface area contributed by atoms with Gasteiger partial charge in [0.05, 0.1) is 11.5 Å². The maximum absolute atomic E-state index is 12.4. The highest BCUT2D eigenvalue weighted by atomic mass is 16.4. The Labute approximate surface area is 124 Å². The quantitative estimate of drug-likeness (QED) is 0.930. The zero-order valence-electron chi connectivity index (χ0n) is 12.1. The van der Waals surface area contributed by atoms with Crippen molar-refractivity contribution >= 4 is 11.9 Å². The average molecular weight is 287 g/mol. The van der Waals surface area contributed by atoms with Crippen LogP contribution in [0.5, 0.6) is 0 Å². The van der Waals surface area contributed by atoms with Crippen molar-refractivity contribution < 1.29 is 14.7 Å². The average Bonchev–Trinajstić information content (AvgIpc) is 2.75. The van der Waals surface area contributed by atoms with Crippen LogP contribution in [0.3, 0.4) is 0 Å². The molecule has 1 aliphatic heterocycles. The van der Waals surface area contributed by atoms with Crippen LogP contribution in [0.1, 0.15) is 44.1 Å². The van der Waals surface area contributed by atoms with E-state index in [1.165, 1.54) is 0 Å². The first-order chi connectivity index (χ1) is 10.1. The fourth-order valence-corrected chi connectivity index (χ4v) is 4.02. The molecule has 1 N–H and O–H groups in total. The highest BCUT2D eigenvalue weighted by Crippen LogP contribution is 2.46. The van der Waals surface area contributed by atoms with E-state index in [0.717, 1.165) is 37.7 Å². The number of benzene rings is 1. The summed E-state index contributed by atoms with van der Waals surface area (Å²) in [6.45, 7) is 0.531. The molecule has 2 fully saturated rings. The molecule has 1 unspecified atom stereocenters. The number of amides is 1. The summed E-state index contributed by atoms with van der Waals surface area (Å²) in [4.78, 5) is 25.9. The molecule has 0 radical (unpaired) electrons. The highest BCUT2D eigenvalue weighted by Gasteiger charge is 2.55. The predicted molar refractivity (Wildman–Crippen MR) is 78.6 cm³/mol. The van der Waals surface area contributed by atoms with E-state index in [1.807, 2.05) is 35.2 Å². The summed E-state index contributed by atoms with van der Waals surface area (Å²) in [6.07, 6.45) is 4.97. The molecule has 3 rings (SSSR count). The third-order valence-electron chi connectivity index (χ3n) is 5.07. The van der Waals surface area contributed by atoms with Gasteiger partial charge in [0.25, 0.3) is 0 Å². The minimum atomic E-state index is -0.819. The van der Waals surface area contributed by atoms with Gasteiger partial charge in [0, 0.05) is 13.0 Å². The smallest absolute Gasteiger partial charge is 0.309 e. The maximum Gasteiger partial charge on any atom is 0.309 e. The van der Waals surface area contributed by atoms with E-state index in [1.54, 1.807) is 0 Å². The molecule has 1 aromatic rings. The second-order valence-electron chi connectivity index (χ2n) is 6.22. The molecular formula is C17H21NO3. The number of carboxylic acids is 1. The van der Waals surface area contributed by atoms with Crippen molar-refractivity contribution in [3.8, 4) is 0 Å². The minimum absolute atomic E-state index is 0.00634. The number of carbonyl (C=O) groups excluding carboxylic acids is 1. The molecule has 1 atom stereocenters. The van der Waals surface area contributed by atoms with Crippen LogP contribution in [0.2, 0.25) is 0 Å². The fourth-order valence-electron chi connectivity index (χ4n) is 4.02. The van der Waals surface area contributed by atoms with Gasteiger partial charge >= 0.3 is 5.97 Å². The number of rotatable bonds is 3. The van der Waals surface area contributed by atoms with Gasteiger partial charge in [0.1, 0.15) is 0 Å². The zero-order valence-corrected chi connectivity index (χ0v) is 12.1. The summed E-state index contributed by atoms with van der Waals surface area (Å²) in [6, 6.07) is 9.86. The Hall–Kier alpha value is -1.84. The summed E-state index contributed by atoms with van der Waals surface area (Å²) >= 11 is 0. The summed E-state index contributed by atoms with van der Waals surface area (Å²) in [5, 5.41) is 9.55. The van der Waals surface area contributed by atoms with Crippen molar-refractivity contribution in [2.75, 3.05) is 0 Å². The first kappa shape index (κ1) is 14.1. The van der Waals surface area contributed by atoms with E-state index in [9.17, 15) is 14.7 Å². The van der Waals surface area contributed by atoms with Gasteiger partial charge in [-0.1, -0.05) is 49.6 Å². The molecule has 1 heterocycles. The maximum atomic E-state index is 12.4. The van der Waals surface area contributed by atoms with Crippen molar-refractivity contribution in [3.05, 3.63) is 35.9 Å². The Morgan fingerprint density at radius 1 is 1.19 bits per heavy atom. The summed E-state index contributed by atoms with van der Waals surface area (Å²) < 4.78 is 0. The molecule has 0 aromatic heterocycles. The van der Waals surface area contributed by atoms with Crippen LogP contribution in [-0.4, -0.2) is 27.4 Å². The van der Waals surface area contributed by atoms with Crippen LogP contribution in [-0.2, 0) is 16.1 Å². The lowest BCUT2D eigenvalue weighted by Gasteiger charge is -2.44. The Bertz CT molecular complexity index is 534. The van der Waals surface area contributed by atoms with Crippen molar-refractivity contribution in [2.45, 2.75) is 50.6 Å². The molecule has 112 valence electrons. The number of likely N-dealkylation sites (tertiary alicyclic amines) is 1. The molecule has 1 amide bonds. The van der Waals surface area contributed by atoms with Gasteiger partial charge in [0.2, 0.25) is 5.91 Å². The van der Waals surface area contributed by atoms with Crippen molar-refractivity contribution in [3.63, 3.8) is 0 Å². The molecule has 0 bridgehead atoms. The Morgan fingerprint density at radius 2 is 1.86 bits per heavy atom. The van der Waals surface area contributed by atoms with E-state index in [-0.39, 0.29) is 12.3 Å². The monoisotopic (exact) mass is 287 g/mol. The van der Waals surface area contributed by atoms with Gasteiger partial charge in [0.15, 0.2) is 0 Å². The van der Waals surface area contributed by atoms with E-state index >= 15 is 0 Å². The highest BCUT2D eigenvalue weighted by molar-refractivity contribution is 5.88. The molecule has 1 spiro atoms. The van der Waals surface area contributed by atoms with Gasteiger partial charge in [-0.25, -0.2) is 0 Å².